The van der Waals surface area contributed by atoms with E-state index >= 15 is 0 Å². The summed E-state index contributed by atoms with van der Waals surface area (Å²) in [6.45, 7) is 3.14. The van der Waals surface area contributed by atoms with E-state index in [0.717, 1.165) is 18.5 Å². The molecule has 0 saturated carbocycles. The van der Waals surface area contributed by atoms with Crippen molar-refractivity contribution in [2.75, 3.05) is 25.5 Å². The Morgan fingerprint density at radius 2 is 2.19 bits per heavy atom. The molecule has 2 heterocycles. The minimum Gasteiger partial charge on any atom is -0.342 e. The average molecular weight is 357 g/mol. The zero-order chi connectivity index (χ0) is 18.5. The standard InChI is InChI=1S/C17H23N7O2/c1-3-4-8-15-16(25)22(2)9-10-23(15)17(26)19-13-6-5-7-14(11-13)24-12-18-20-21-24/h5-7,11-12,15H,3-4,8-10H2,1-2H3,(H,19,26)/t15-/m1/s1. The second-order valence-electron chi connectivity index (χ2n) is 6.35. The number of tetrazole rings is 1. The smallest absolute Gasteiger partial charge is 0.322 e. The Morgan fingerprint density at radius 1 is 1.35 bits per heavy atom. The molecule has 9 nitrogen and oxygen atoms in total. The number of likely N-dealkylation sites (N-methyl/N-ethyl adjacent to an activating group) is 1. The van der Waals surface area contributed by atoms with Gasteiger partial charge in [0.15, 0.2) is 0 Å². The van der Waals surface area contributed by atoms with Gasteiger partial charge in [-0.05, 0) is 35.0 Å². The molecule has 1 aliphatic rings. The number of nitrogens with one attached hydrogen (secondary N) is 1. The predicted molar refractivity (Wildman–Crippen MR) is 95.8 cm³/mol. The van der Waals surface area contributed by atoms with E-state index in [4.69, 9.17) is 0 Å². The summed E-state index contributed by atoms with van der Waals surface area (Å²) in [4.78, 5) is 28.6. The quantitative estimate of drug-likeness (QED) is 0.875. The predicted octanol–water partition coefficient (Wildman–Crippen LogP) is 1.53. The number of hydrogen-bond acceptors (Lipinski definition) is 5. The van der Waals surface area contributed by atoms with Gasteiger partial charge in [-0.25, -0.2) is 9.48 Å². The molecule has 3 amide bonds. The lowest BCUT2D eigenvalue weighted by Crippen LogP contribution is -2.58. The second-order valence-corrected chi connectivity index (χ2v) is 6.35. The van der Waals surface area contributed by atoms with Gasteiger partial charge in [0.2, 0.25) is 5.91 Å². The number of aromatic nitrogens is 4. The van der Waals surface area contributed by atoms with Crippen LogP contribution in [0.2, 0.25) is 0 Å². The minimum absolute atomic E-state index is 0.00212. The third-order valence-electron chi connectivity index (χ3n) is 4.52. The zero-order valence-electron chi connectivity index (χ0n) is 15.0. The van der Waals surface area contributed by atoms with Crippen molar-refractivity contribution in [1.29, 1.82) is 0 Å². The molecule has 0 spiro atoms. The molecule has 1 aliphatic heterocycles. The van der Waals surface area contributed by atoms with Crippen LogP contribution in [0.4, 0.5) is 10.5 Å². The van der Waals surface area contributed by atoms with Crippen molar-refractivity contribution in [3.8, 4) is 5.69 Å². The minimum atomic E-state index is -0.406. The van der Waals surface area contributed by atoms with Crippen LogP contribution in [0, 0.1) is 0 Å². The Kier molecular flexibility index (Phi) is 5.45. The molecule has 1 fully saturated rings. The number of amides is 3. The number of anilines is 1. The molecule has 3 rings (SSSR count). The maximum Gasteiger partial charge on any atom is 0.322 e. The van der Waals surface area contributed by atoms with E-state index in [0.29, 0.717) is 25.2 Å². The Bertz CT molecular complexity index is 762. The van der Waals surface area contributed by atoms with E-state index in [2.05, 4.69) is 27.8 Å². The SMILES string of the molecule is CCCC[C@@H]1C(=O)N(C)CCN1C(=O)Nc1cccc(-n2cnnn2)c1. The summed E-state index contributed by atoms with van der Waals surface area (Å²) in [7, 11) is 1.78. The largest absolute Gasteiger partial charge is 0.342 e. The van der Waals surface area contributed by atoms with Crippen LogP contribution in [0.5, 0.6) is 0 Å². The topological polar surface area (TPSA) is 96.2 Å². The first kappa shape index (κ1) is 17.8. The van der Waals surface area contributed by atoms with Crippen molar-refractivity contribution in [1.82, 2.24) is 30.0 Å². The van der Waals surface area contributed by atoms with Crippen LogP contribution in [0.25, 0.3) is 5.69 Å². The van der Waals surface area contributed by atoms with Gasteiger partial charge in [0, 0.05) is 25.8 Å². The first-order chi connectivity index (χ1) is 12.6. The summed E-state index contributed by atoms with van der Waals surface area (Å²) < 4.78 is 1.51. The summed E-state index contributed by atoms with van der Waals surface area (Å²) >= 11 is 0. The average Bonchev–Trinajstić information content (AvgIpc) is 3.18. The molecule has 0 bridgehead atoms. The Morgan fingerprint density at radius 3 is 2.92 bits per heavy atom. The molecule has 0 unspecified atom stereocenters. The number of hydrogen-bond donors (Lipinski definition) is 1. The van der Waals surface area contributed by atoms with E-state index in [1.807, 2.05) is 12.1 Å². The Labute approximate surface area is 152 Å². The zero-order valence-corrected chi connectivity index (χ0v) is 15.0. The number of rotatable bonds is 5. The van der Waals surface area contributed by atoms with Crippen molar-refractivity contribution in [2.24, 2.45) is 0 Å². The van der Waals surface area contributed by atoms with Crippen LogP contribution in [-0.2, 0) is 4.79 Å². The highest BCUT2D eigenvalue weighted by molar-refractivity contribution is 5.94. The highest BCUT2D eigenvalue weighted by Crippen LogP contribution is 2.19. The molecule has 9 heteroatoms. The number of nitrogens with zero attached hydrogens (tertiary/aromatic N) is 6. The number of urea groups is 1. The molecular formula is C17H23N7O2. The van der Waals surface area contributed by atoms with Crippen LogP contribution in [0.3, 0.4) is 0 Å². The van der Waals surface area contributed by atoms with E-state index in [9.17, 15) is 9.59 Å². The number of carbonyl (C=O) groups is 2. The highest BCUT2D eigenvalue weighted by Gasteiger charge is 2.35. The lowest BCUT2D eigenvalue weighted by molar-refractivity contribution is -0.138. The molecule has 1 N–H and O–H groups in total. The third-order valence-corrected chi connectivity index (χ3v) is 4.52. The van der Waals surface area contributed by atoms with Gasteiger partial charge in [-0.3, -0.25) is 4.79 Å². The van der Waals surface area contributed by atoms with E-state index < -0.39 is 6.04 Å². The maximum absolute atomic E-state index is 12.8. The fraction of sp³-hybridized carbons (Fsp3) is 0.471. The monoisotopic (exact) mass is 357 g/mol. The molecule has 1 atom stereocenters. The molecule has 26 heavy (non-hydrogen) atoms. The summed E-state index contributed by atoms with van der Waals surface area (Å²) in [6, 6.07) is 6.57. The lowest BCUT2D eigenvalue weighted by Gasteiger charge is -2.39. The van der Waals surface area contributed by atoms with E-state index in [1.165, 1.54) is 11.0 Å². The summed E-state index contributed by atoms with van der Waals surface area (Å²) in [5, 5.41) is 14.0. The van der Waals surface area contributed by atoms with Crippen LogP contribution in [0.15, 0.2) is 30.6 Å². The van der Waals surface area contributed by atoms with Gasteiger partial charge in [0.05, 0.1) is 5.69 Å². The Balaban J connectivity index is 1.74. The van der Waals surface area contributed by atoms with E-state index in [-0.39, 0.29) is 11.9 Å². The first-order valence-corrected chi connectivity index (χ1v) is 8.76. The van der Waals surface area contributed by atoms with Gasteiger partial charge in [-0.15, -0.1) is 5.10 Å². The molecule has 0 radical (unpaired) electrons. The molecule has 2 aromatic rings. The first-order valence-electron chi connectivity index (χ1n) is 8.76. The fourth-order valence-corrected chi connectivity index (χ4v) is 3.03. The van der Waals surface area contributed by atoms with Crippen molar-refractivity contribution in [3.63, 3.8) is 0 Å². The molecule has 0 aliphatic carbocycles. The number of benzene rings is 1. The number of unbranched alkanes of at least 4 members (excludes halogenated alkanes) is 1. The molecule has 1 aromatic heterocycles. The summed E-state index contributed by atoms with van der Waals surface area (Å²) in [5.41, 5.74) is 1.37. The third kappa shape index (κ3) is 3.81. The summed E-state index contributed by atoms with van der Waals surface area (Å²) in [5.74, 6) is 0.00212. The van der Waals surface area contributed by atoms with Crippen molar-refractivity contribution >= 4 is 17.6 Å². The highest BCUT2D eigenvalue weighted by atomic mass is 16.2. The second kappa shape index (κ2) is 7.94. The van der Waals surface area contributed by atoms with Gasteiger partial charge in [0.1, 0.15) is 12.4 Å². The number of piperazine rings is 1. The molecule has 1 saturated heterocycles. The van der Waals surface area contributed by atoms with Crippen molar-refractivity contribution in [2.45, 2.75) is 32.2 Å². The Hall–Kier alpha value is -2.97. The molecular weight excluding hydrogens is 334 g/mol. The van der Waals surface area contributed by atoms with Crippen molar-refractivity contribution in [3.05, 3.63) is 30.6 Å². The fourth-order valence-electron chi connectivity index (χ4n) is 3.03. The van der Waals surface area contributed by atoms with Crippen LogP contribution in [-0.4, -0.2) is 68.1 Å². The lowest BCUT2D eigenvalue weighted by atomic mass is 10.0. The summed E-state index contributed by atoms with van der Waals surface area (Å²) in [6.07, 6.45) is 4.05. The van der Waals surface area contributed by atoms with Crippen LogP contribution in [0.1, 0.15) is 26.2 Å². The molecule has 138 valence electrons. The van der Waals surface area contributed by atoms with Gasteiger partial charge in [-0.1, -0.05) is 25.8 Å². The van der Waals surface area contributed by atoms with Gasteiger partial charge in [0.25, 0.3) is 0 Å². The van der Waals surface area contributed by atoms with Gasteiger partial charge < -0.3 is 15.1 Å². The van der Waals surface area contributed by atoms with Crippen LogP contribution >= 0.6 is 0 Å². The van der Waals surface area contributed by atoms with E-state index in [1.54, 1.807) is 29.0 Å². The molecule has 1 aromatic carbocycles. The maximum atomic E-state index is 12.8. The van der Waals surface area contributed by atoms with Crippen molar-refractivity contribution < 1.29 is 9.59 Å². The van der Waals surface area contributed by atoms with Gasteiger partial charge in [-0.2, -0.15) is 0 Å². The number of carbonyl (C=O) groups excluding carboxylic acids is 2. The van der Waals surface area contributed by atoms with Crippen LogP contribution < -0.4 is 5.32 Å². The van der Waals surface area contributed by atoms with Gasteiger partial charge >= 0.3 is 6.03 Å². The normalized spacial score (nSPS) is 17.5.